The summed E-state index contributed by atoms with van der Waals surface area (Å²) in [7, 11) is 1.31. The zero-order chi connectivity index (χ0) is 12.8. The van der Waals surface area contributed by atoms with Crippen LogP contribution in [0.3, 0.4) is 0 Å². The van der Waals surface area contributed by atoms with E-state index in [1.807, 2.05) is 13.8 Å². The van der Waals surface area contributed by atoms with E-state index >= 15 is 0 Å². The van der Waals surface area contributed by atoms with Gasteiger partial charge < -0.3 is 9.47 Å². The number of ether oxygens (including phenoxy) is 2. The maximum absolute atomic E-state index is 11.5. The maximum Gasteiger partial charge on any atom is 0.339 e. The quantitative estimate of drug-likeness (QED) is 0.555. The van der Waals surface area contributed by atoms with Crippen molar-refractivity contribution in [1.82, 2.24) is 0 Å². The molecule has 17 heavy (non-hydrogen) atoms. The largest absolute Gasteiger partial charge is 0.466 e. The molecule has 0 spiro atoms. The minimum absolute atomic E-state index is 0.290. The van der Waals surface area contributed by atoms with Gasteiger partial charge in [0.1, 0.15) is 5.76 Å². The van der Waals surface area contributed by atoms with Crippen molar-refractivity contribution in [3.05, 3.63) is 35.1 Å². The number of carbonyl (C=O) groups is 2. The summed E-state index contributed by atoms with van der Waals surface area (Å²) < 4.78 is 9.59. The number of hydrogen-bond acceptors (Lipinski definition) is 4. The van der Waals surface area contributed by atoms with Crippen molar-refractivity contribution < 1.29 is 19.1 Å². The van der Waals surface area contributed by atoms with Crippen LogP contribution in [-0.4, -0.2) is 19.0 Å². The summed E-state index contributed by atoms with van der Waals surface area (Å²) in [5.41, 5.74) is 1.62. The third-order valence-corrected chi connectivity index (χ3v) is 2.50. The number of esters is 2. The lowest BCUT2D eigenvalue weighted by Gasteiger charge is -1.99. The van der Waals surface area contributed by atoms with Crippen LogP contribution in [0.1, 0.15) is 26.7 Å². The van der Waals surface area contributed by atoms with Crippen LogP contribution in [-0.2, 0) is 19.1 Å². The van der Waals surface area contributed by atoms with Gasteiger partial charge in [0, 0.05) is 17.2 Å². The van der Waals surface area contributed by atoms with E-state index in [1.165, 1.54) is 19.3 Å². The second-order valence-corrected chi connectivity index (χ2v) is 3.47. The second kappa shape index (κ2) is 6.03. The Hall–Kier alpha value is -1.84. The summed E-state index contributed by atoms with van der Waals surface area (Å²) in [5.74, 6) is -0.208. The predicted molar refractivity (Wildman–Crippen MR) is 62.9 cm³/mol. The summed E-state index contributed by atoms with van der Waals surface area (Å²) >= 11 is 0. The molecule has 0 saturated carbocycles. The Morgan fingerprint density at radius 1 is 1.29 bits per heavy atom. The van der Waals surface area contributed by atoms with E-state index in [2.05, 4.69) is 4.74 Å². The SMILES string of the molecule is CCC1=C(CC)C(=CC=CC(=O)OC)OC1=O. The summed E-state index contributed by atoms with van der Waals surface area (Å²) in [4.78, 5) is 22.4. The minimum Gasteiger partial charge on any atom is -0.466 e. The minimum atomic E-state index is -0.441. The van der Waals surface area contributed by atoms with Gasteiger partial charge in [-0.2, -0.15) is 0 Å². The van der Waals surface area contributed by atoms with Gasteiger partial charge in [0.25, 0.3) is 0 Å². The van der Waals surface area contributed by atoms with Crippen molar-refractivity contribution in [2.45, 2.75) is 26.7 Å². The van der Waals surface area contributed by atoms with Gasteiger partial charge in [-0.3, -0.25) is 0 Å². The van der Waals surface area contributed by atoms with Crippen molar-refractivity contribution in [2.75, 3.05) is 7.11 Å². The fraction of sp³-hybridized carbons (Fsp3) is 0.385. The third kappa shape index (κ3) is 3.06. The number of rotatable bonds is 4. The molecule has 0 atom stereocenters. The molecule has 0 saturated heterocycles. The normalized spacial score (nSPS) is 18.1. The molecule has 1 rings (SSSR count). The molecule has 0 unspecified atom stereocenters. The number of cyclic esters (lactones) is 1. The van der Waals surface area contributed by atoms with Gasteiger partial charge in [0.2, 0.25) is 0 Å². The highest BCUT2D eigenvalue weighted by Gasteiger charge is 2.26. The highest BCUT2D eigenvalue weighted by molar-refractivity contribution is 5.94. The molecule has 4 nitrogen and oxygen atoms in total. The Balaban J connectivity index is 2.90. The lowest BCUT2D eigenvalue weighted by molar-refractivity contribution is -0.135. The first-order valence-electron chi connectivity index (χ1n) is 5.54. The number of allylic oxidation sites excluding steroid dienone is 3. The predicted octanol–water partition coefficient (Wildman–Crippen LogP) is 2.27. The van der Waals surface area contributed by atoms with Crippen LogP contribution < -0.4 is 0 Å². The highest BCUT2D eigenvalue weighted by atomic mass is 16.5. The van der Waals surface area contributed by atoms with Gasteiger partial charge in [-0.25, -0.2) is 9.59 Å². The molecule has 0 radical (unpaired) electrons. The summed E-state index contributed by atoms with van der Waals surface area (Å²) in [6.45, 7) is 3.88. The molecule has 92 valence electrons. The summed E-state index contributed by atoms with van der Waals surface area (Å²) in [6, 6.07) is 0. The maximum atomic E-state index is 11.5. The first kappa shape index (κ1) is 13.2. The van der Waals surface area contributed by atoms with E-state index in [4.69, 9.17) is 4.74 Å². The Bertz CT molecular complexity index is 413. The number of carbonyl (C=O) groups excluding carboxylic acids is 2. The third-order valence-electron chi connectivity index (χ3n) is 2.50. The van der Waals surface area contributed by atoms with Gasteiger partial charge in [-0.05, 0) is 18.9 Å². The zero-order valence-corrected chi connectivity index (χ0v) is 10.3. The van der Waals surface area contributed by atoms with Crippen LogP contribution in [0, 0.1) is 0 Å². The molecule has 0 fully saturated rings. The number of methoxy groups -OCH3 is 1. The summed E-state index contributed by atoms with van der Waals surface area (Å²) in [5, 5.41) is 0. The lowest BCUT2D eigenvalue weighted by Crippen LogP contribution is -1.97. The highest BCUT2D eigenvalue weighted by Crippen LogP contribution is 2.30. The Labute approximate surface area is 101 Å². The molecule has 0 aliphatic carbocycles. The molecule has 0 aromatic rings. The number of hydrogen-bond donors (Lipinski definition) is 0. The van der Waals surface area contributed by atoms with E-state index in [9.17, 15) is 9.59 Å². The van der Waals surface area contributed by atoms with Crippen LogP contribution >= 0.6 is 0 Å². The van der Waals surface area contributed by atoms with E-state index < -0.39 is 5.97 Å². The van der Waals surface area contributed by atoms with Crippen molar-refractivity contribution in [1.29, 1.82) is 0 Å². The molecule has 4 heteroatoms. The molecular weight excluding hydrogens is 220 g/mol. The molecule has 1 aliphatic rings. The van der Waals surface area contributed by atoms with Crippen molar-refractivity contribution in [2.24, 2.45) is 0 Å². The average molecular weight is 236 g/mol. The van der Waals surface area contributed by atoms with Crippen LogP contribution in [0.4, 0.5) is 0 Å². The van der Waals surface area contributed by atoms with Crippen LogP contribution in [0.15, 0.2) is 35.1 Å². The van der Waals surface area contributed by atoms with E-state index in [-0.39, 0.29) is 5.97 Å². The van der Waals surface area contributed by atoms with E-state index in [0.29, 0.717) is 17.8 Å². The lowest BCUT2D eigenvalue weighted by atomic mass is 10.0. The molecule has 1 aliphatic heterocycles. The fourth-order valence-electron chi connectivity index (χ4n) is 1.66. The van der Waals surface area contributed by atoms with Crippen LogP contribution in [0.2, 0.25) is 0 Å². The second-order valence-electron chi connectivity index (χ2n) is 3.47. The molecule has 0 bridgehead atoms. The Morgan fingerprint density at radius 3 is 2.47 bits per heavy atom. The van der Waals surface area contributed by atoms with Crippen molar-refractivity contribution in [3.8, 4) is 0 Å². The smallest absolute Gasteiger partial charge is 0.339 e. The molecule has 0 aromatic heterocycles. The zero-order valence-electron chi connectivity index (χ0n) is 10.3. The topological polar surface area (TPSA) is 52.6 Å². The Kier molecular flexibility index (Phi) is 4.69. The van der Waals surface area contributed by atoms with Gasteiger partial charge in [-0.1, -0.05) is 19.9 Å². The Morgan fingerprint density at radius 2 is 1.94 bits per heavy atom. The van der Waals surface area contributed by atoms with Crippen LogP contribution in [0.25, 0.3) is 0 Å². The molecule has 0 amide bonds. The first-order valence-corrected chi connectivity index (χ1v) is 5.54. The van der Waals surface area contributed by atoms with Crippen molar-refractivity contribution >= 4 is 11.9 Å². The molecular formula is C13H16O4. The monoisotopic (exact) mass is 236 g/mol. The van der Waals surface area contributed by atoms with E-state index in [1.54, 1.807) is 6.08 Å². The molecule has 0 aromatic carbocycles. The molecule has 1 heterocycles. The fourth-order valence-corrected chi connectivity index (χ4v) is 1.66. The van der Waals surface area contributed by atoms with Gasteiger partial charge in [0.05, 0.1) is 7.11 Å². The van der Waals surface area contributed by atoms with Gasteiger partial charge in [-0.15, -0.1) is 0 Å². The van der Waals surface area contributed by atoms with E-state index in [0.717, 1.165) is 12.0 Å². The van der Waals surface area contributed by atoms with Gasteiger partial charge >= 0.3 is 11.9 Å². The molecule has 0 N–H and O–H groups in total. The average Bonchev–Trinajstić information content (AvgIpc) is 2.64. The van der Waals surface area contributed by atoms with Gasteiger partial charge in [0.15, 0.2) is 0 Å². The van der Waals surface area contributed by atoms with Crippen molar-refractivity contribution in [3.63, 3.8) is 0 Å². The standard InChI is InChI=1S/C13H16O4/c1-4-9-10(5-2)13(15)17-11(9)7-6-8-12(14)16-3/h6-8H,4-5H2,1-3H3. The first-order chi connectivity index (χ1) is 8.13. The van der Waals surface area contributed by atoms with Crippen LogP contribution in [0.5, 0.6) is 0 Å². The summed E-state index contributed by atoms with van der Waals surface area (Å²) in [6.07, 6.45) is 5.78.